The van der Waals surface area contributed by atoms with Crippen molar-refractivity contribution in [3.8, 4) is 5.69 Å². The Morgan fingerprint density at radius 3 is 2.36 bits per heavy atom. The number of hydrazone groups is 1. The van der Waals surface area contributed by atoms with E-state index in [4.69, 9.17) is 34.8 Å². The second-order valence-electron chi connectivity index (χ2n) is 8.76. The number of hydrogen-bond acceptors (Lipinski definition) is 4. The lowest BCUT2D eigenvalue weighted by Gasteiger charge is -2.25. The van der Waals surface area contributed by atoms with Crippen LogP contribution in [0.4, 0.5) is 5.69 Å². The van der Waals surface area contributed by atoms with Crippen molar-refractivity contribution in [3.63, 3.8) is 0 Å². The minimum absolute atomic E-state index is 0.0500. The van der Waals surface area contributed by atoms with E-state index in [1.807, 2.05) is 30.5 Å². The number of amides is 1. The van der Waals surface area contributed by atoms with Gasteiger partial charge in [0.25, 0.3) is 15.9 Å². The maximum Gasteiger partial charge on any atom is 0.264 e. The van der Waals surface area contributed by atoms with E-state index in [9.17, 15) is 13.2 Å². The fourth-order valence-electron chi connectivity index (χ4n) is 4.18. The van der Waals surface area contributed by atoms with Gasteiger partial charge in [-0.15, -0.1) is 0 Å². The molecular formula is C28H25Cl3N4O3S. The molecule has 0 unspecified atom stereocenters. The third kappa shape index (κ3) is 6.15. The summed E-state index contributed by atoms with van der Waals surface area (Å²) in [6.45, 7) is 5.02. The first-order chi connectivity index (χ1) is 18.5. The zero-order valence-electron chi connectivity index (χ0n) is 21.3. The van der Waals surface area contributed by atoms with E-state index in [-0.39, 0.29) is 4.90 Å². The van der Waals surface area contributed by atoms with Gasteiger partial charge in [-0.2, -0.15) is 5.10 Å². The highest BCUT2D eigenvalue weighted by Gasteiger charge is 2.28. The largest absolute Gasteiger partial charge is 0.316 e. The lowest BCUT2D eigenvalue weighted by molar-refractivity contribution is -0.119. The molecule has 4 rings (SSSR count). The lowest BCUT2D eigenvalue weighted by Crippen LogP contribution is -2.40. The maximum atomic E-state index is 13.5. The molecule has 7 nitrogen and oxygen atoms in total. The Bertz CT molecular complexity index is 1670. The van der Waals surface area contributed by atoms with Crippen LogP contribution in [0.15, 0.2) is 82.8 Å². The zero-order valence-corrected chi connectivity index (χ0v) is 24.4. The quantitative estimate of drug-likeness (QED) is 0.180. The Balaban J connectivity index is 1.58. The SMILES string of the molecule is Cc1c(Cl)cccc1N(CC(=O)N/N=C\c1cc(C)n(-c2ccc(Cl)cc2Cl)c1C)S(=O)(=O)c1ccccc1. The summed E-state index contributed by atoms with van der Waals surface area (Å²) in [7, 11) is -4.08. The number of nitrogens with one attached hydrogen (secondary N) is 1. The van der Waals surface area contributed by atoms with E-state index in [0.29, 0.717) is 26.3 Å². The van der Waals surface area contributed by atoms with Gasteiger partial charge in [-0.25, -0.2) is 13.8 Å². The molecule has 11 heteroatoms. The van der Waals surface area contributed by atoms with Crippen LogP contribution in [0.5, 0.6) is 0 Å². The van der Waals surface area contributed by atoms with E-state index >= 15 is 0 Å². The highest BCUT2D eigenvalue weighted by atomic mass is 35.5. The smallest absolute Gasteiger partial charge is 0.264 e. The fourth-order valence-corrected chi connectivity index (χ4v) is 6.34. The van der Waals surface area contributed by atoms with E-state index in [1.54, 1.807) is 55.5 Å². The topological polar surface area (TPSA) is 83.8 Å². The molecule has 1 heterocycles. The molecule has 0 aliphatic rings. The van der Waals surface area contributed by atoms with Gasteiger partial charge < -0.3 is 4.57 Å². The third-order valence-electron chi connectivity index (χ3n) is 6.14. The molecule has 1 aromatic heterocycles. The molecule has 0 saturated carbocycles. The number of hydrogen-bond donors (Lipinski definition) is 1. The number of benzene rings is 3. The Kier molecular flexibility index (Phi) is 8.71. The van der Waals surface area contributed by atoms with Gasteiger partial charge in [0.1, 0.15) is 6.54 Å². The van der Waals surface area contributed by atoms with Gasteiger partial charge >= 0.3 is 0 Å². The molecule has 39 heavy (non-hydrogen) atoms. The standard InChI is InChI=1S/C28H25Cl3N4O3S/c1-18-14-21(20(3)35(18)27-13-12-22(29)15-25(27)31)16-32-33-28(36)17-34(26-11-7-10-24(30)19(26)2)39(37,38)23-8-5-4-6-9-23/h4-16H,17H2,1-3H3,(H,33,36)/b32-16-. The average molecular weight is 604 g/mol. The summed E-state index contributed by atoms with van der Waals surface area (Å²) in [6, 6.07) is 20.0. The van der Waals surface area contributed by atoms with Crippen molar-refractivity contribution >= 4 is 62.6 Å². The van der Waals surface area contributed by atoms with Crippen LogP contribution in [-0.4, -0.2) is 31.7 Å². The van der Waals surface area contributed by atoms with Gasteiger partial charge in [-0.3, -0.25) is 9.10 Å². The van der Waals surface area contributed by atoms with Crippen molar-refractivity contribution in [2.75, 3.05) is 10.8 Å². The van der Waals surface area contributed by atoms with E-state index < -0.39 is 22.5 Å². The Hall–Kier alpha value is -3.30. The van der Waals surface area contributed by atoms with Crippen LogP contribution in [0.2, 0.25) is 15.1 Å². The van der Waals surface area contributed by atoms with Crippen LogP contribution in [0.25, 0.3) is 5.69 Å². The second kappa shape index (κ2) is 11.8. The van der Waals surface area contributed by atoms with Crippen molar-refractivity contribution in [2.24, 2.45) is 5.10 Å². The van der Waals surface area contributed by atoms with E-state index in [0.717, 1.165) is 26.9 Å². The molecule has 0 bridgehead atoms. The number of nitrogens with zero attached hydrogens (tertiary/aromatic N) is 3. The Morgan fingerprint density at radius 1 is 0.949 bits per heavy atom. The number of halogens is 3. The Morgan fingerprint density at radius 2 is 1.67 bits per heavy atom. The molecule has 0 radical (unpaired) electrons. The number of carbonyl (C=O) groups is 1. The van der Waals surface area contributed by atoms with Crippen LogP contribution >= 0.6 is 34.8 Å². The van der Waals surface area contributed by atoms with Gasteiger partial charge in [-0.1, -0.05) is 59.1 Å². The molecule has 0 aliphatic carbocycles. The molecule has 4 aromatic rings. The van der Waals surface area contributed by atoms with Crippen LogP contribution in [0.1, 0.15) is 22.5 Å². The van der Waals surface area contributed by atoms with Crippen molar-refractivity contribution in [2.45, 2.75) is 25.7 Å². The number of rotatable bonds is 8. The summed E-state index contributed by atoms with van der Waals surface area (Å²) in [5.41, 5.74) is 6.53. The highest BCUT2D eigenvalue weighted by Crippen LogP contribution is 2.31. The minimum atomic E-state index is -4.08. The van der Waals surface area contributed by atoms with Crippen molar-refractivity contribution in [3.05, 3.63) is 110 Å². The van der Waals surface area contributed by atoms with Crippen LogP contribution in [0.3, 0.4) is 0 Å². The molecule has 0 fully saturated rings. The van der Waals surface area contributed by atoms with Gasteiger partial charge in [0.2, 0.25) is 0 Å². The van der Waals surface area contributed by atoms with Crippen molar-refractivity contribution in [1.82, 2.24) is 9.99 Å². The summed E-state index contributed by atoms with van der Waals surface area (Å²) in [4.78, 5) is 13.0. The summed E-state index contributed by atoms with van der Waals surface area (Å²) in [5, 5.41) is 5.51. The second-order valence-corrected chi connectivity index (χ2v) is 11.9. The average Bonchev–Trinajstić information content (AvgIpc) is 3.17. The molecule has 1 N–H and O–H groups in total. The first-order valence-electron chi connectivity index (χ1n) is 11.8. The van der Waals surface area contributed by atoms with Crippen molar-refractivity contribution < 1.29 is 13.2 Å². The molecule has 1 amide bonds. The normalized spacial score (nSPS) is 11.6. The number of sulfonamides is 1. The molecule has 0 atom stereocenters. The highest BCUT2D eigenvalue weighted by molar-refractivity contribution is 7.92. The Labute approximate surface area is 242 Å². The van der Waals surface area contributed by atoms with Crippen LogP contribution < -0.4 is 9.73 Å². The molecule has 0 spiro atoms. The molecule has 3 aromatic carbocycles. The van der Waals surface area contributed by atoms with Gasteiger partial charge in [0.15, 0.2) is 0 Å². The lowest BCUT2D eigenvalue weighted by atomic mass is 10.2. The predicted molar refractivity (Wildman–Crippen MR) is 158 cm³/mol. The van der Waals surface area contributed by atoms with Gasteiger partial charge in [0.05, 0.1) is 27.5 Å². The zero-order chi connectivity index (χ0) is 28.3. The molecule has 202 valence electrons. The number of aryl methyl sites for hydroxylation is 1. The summed E-state index contributed by atoms with van der Waals surface area (Å²) in [5.74, 6) is -0.625. The molecule has 0 aliphatic heterocycles. The summed E-state index contributed by atoms with van der Waals surface area (Å²) in [6.07, 6.45) is 1.50. The number of aromatic nitrogens is 1. The third-order valence-corrected chi connectivity index (χ3v) is 8.86. The van der Waals surface area contributed by atoms with Crippen molar-refractivity contribution in [1.29, 1.82) is 0 Å². The fraction of sp³-hybridized carbons (Fsp3) is 0.143. The monoisotopic (exact) mass is 602 g/mol. The van der Waals surface area contributed by atoms with E-state index in [2.05, 4.69) is 10.5 Å². The first-order valence-corrected chi connectivity index (χ1v) is 14.4. The van der Waals surface area contributed by atoms with E-state index in [1.165, 1.54) is 18.3 Å². The molecule has 0 saturated heterocycles. The number of carbonyl (C=O) groups excluding carboxylic acids is 1. The summed E-state index contributed by atoms with van der Waals surface area (Å²) >= 11 is 18.7. The van der Waals surface area contributed by atoms with Gasteiger partial charge in [-0.05, 0) is 74.9 Å². The first kappa shape index (κ1) is 28.7. The molecular weight excluding hydrogens is 579 g/mol. The predicted octanol–water partition coefficient (Wildman–Crippen LogP) is 6.71. The summed E-state index contributed by atoms with van der Waals surface area (Å²) < 4.78 is 30.1. The van der Waals surface area contributed by atoms with Crippen LogP contribution in [0, 0.1) is 20.8 Å². The van der Waals surface area contributed by atoms with Crippen LogP contribution in [-0.2, 0) is 14.8 Å². The van der Waals surface area contributed by atoms with Gasteiger partial charge in [0, 0.05) is 27.0 Å². The minimum Gasteiger partial charge on any atom is -0.316 e. The maximum absolute atomic E-state index is 13.5. The number of anilines is 1.